The van der Waals surface area contributed by atoms with E-state index in [0.717, 1.165) is 37.1 Å². The number of carbonyl (C=O) groups excluding carboxylic acids is 2. The molecule has 2 aromatic rings. The van der Waals surface area contributed by atoms with Crippen molar-refractivity contribution in [3.63, 3.8) is 0 Å². The van der Waals surface area contributed by atoms with Gasteiger partial charge in [-0.1, -0.05) is 6.92 Å². The van der Waals surface area contributed by atoms with Crippen molar-refractivity contribution in [2.45, 2.75) is 51.7 Å². The van der Waals surface area contributed by atoms with Crippen LogP contribution in [0.1, 0.15) is 64.0 Å². The molecule has 9 nitrogen and oxygen atoms in total. The fraction of sp³-hybridized carbons (Fsp3) is 0.524. The molecule has 2 amide bonds. The largest absolute Gasteiger partial charge is 0.376 e. The van der Waals surface area contributed by atoms with E-state index in [1.54, 1.807) is 11.0 Å². The van der Waals surface area contributed by atoms with E-state index in [-0.39, 0.29) is 23.5 Å². The molecule has 0 bridgehead atoms. The number of hydrogen-bond acceptors (Lipinski definition) is 5. The molecular weight excluding hydrogens is 386 g/mol. The Morgan fingerprint density at radius 2 is 2.20 bits per heavy atom. The number of nitrogens with one attached hydrogen (secondary N) is 3. The maximum atomic E-state index is 13.0. The first-order chi connectivity index (χ1) is 14.6. The normalized spacial score (nSPS) is 18.7. The van der Waals surface area contributed by atoms with Crippen LogP contribution in [-0.4, -0.2) is 57.7 Å². The second kappa shape index (κ2) is 8.83. The topological polar surface area (TPSA) is 120 Å². The number of amides is 2. The Morgan fingerprint density at radius 1 is 1.33 bits per heavy atom. The summed E-state index contributed by atoms with van der Waals surface area (Å²) in [6.07, 6.45) is 4.33. The lowest BCUT2D eigenvalue weighted by molar-refractivity contribution is 0.0168. The Bertz CT molecular complexity index is 990. The Labute approximate surface area is 174 Å². The zero-order valence-electron chi connectivity index (χ0n) is 17.1. The number of aromatic amines is 2. The highest BCUT2D eigenvalue weighted by atomic mass is 16.5. The van der Waals surface area contributed by atoms with E-state index in [0.29, 0.717) is 49.4 Å². The number of nitrogens with zero attached hydrogens (tertiary/aromatic N) is 2. The quantitative estimate of drug-likeness (QED) is 0.679. The van der Waals surface area contributed by atoms with Crippen molar-refractivity contribution >= 4 is 11.8 Å². The van der Waals surface area contributed by atoms with Crippen molar-refractivity contribution in [3.8, 4) is 0 Å². The van der Waals surface area contributed by atoms with Gasteiger partial charge in [-0.15, -0.1) is 0 Å². The first-order valence-corrected chi connectivity index (χ1v) is 10.5. The molecule has 30 heavy (non-hydrogen) atoms. The fourth-order valence-corrected chi connectivity index (χ4v) is 4.10. The van der Waals surface area contributed by atoms with Crippen molar-refractivity contribution < 1.29 is 14.3 Å². The molecule has 0 radical (unpaired) electrons. The molecule has 0 spiro atoms. The third-order valence-corrected chi connectivity index (χ3v) is 5.78. The smallest absolute Gasteiger partial charge is 0.272 e. The number of carbonyl (C=O) groups is 2. The van der Waals surface area contributed by atoms with Crippen molar-refractivity contribution in [2.75, 3.05) is 19.7 Å². The first-order valence-electron chi connectivity index (χ1n) is 10.5. The van der Waals surface area contributed by atoms with Gasteiger partial charge in [-0.05, 0) is 38.2 Å². The minimum absolute atomic E-state index is 0.0654. The van der Waals surface area contributed by atoms with E-state index in [9.17, 15) is 14.4 Å². The molecular formula is C21H27N5O4. The zero-order chi connectivity index (χ0) is 21.1. The van der Waals surface area contributed by atoms with Crippen LogP contribution in [0.25, 0.3) is 0 Å². The second-order valence-corrected chi connectivity index (χ2v) is 7.77. The van der Waals surface area contributed by atoms with Crippen molar-refractivity contribution in [3.05, 3.63) is 50.7 Å². The maximum Gasteiger partial charge on any atom is 0.272 e. The molecule has 4 rings (SSSR count). The number of aromatic nitrogens is 3. The lowest BCUT2D eigenvalue weighted by Gasteiger charge is -2.27. The van der Waals surface area contributed by atoms with Gasteiger partial charge in [0.1, 0.15) is 0 Å². The number of fused-ring (bicyclic) bond motifs is 1. The van der Waals surface area contributed by atoms with Crippen LogP contribution in [0.2, 0.25) is 0 Å². The number of H-pyrrole nitrogens is 2. The van der Waals surface area contributed by atoms with Gasteiger partial charge in [-0.25, -0.2) is 0 Å². The maximum absolute atomic E-state index is 13.0. The van der Waals surface area contributed by atoms with E-state index in [2.05, 4.69) is 20.5 Å². The predicted octanol–water partition coefficient (Wildman–Crippen LogP) is 1.16. The van der Waals surface area contributed by atoms with Crippen LogP contribution in [0.3, 0.4) is 0 Å². The monoisotopic (exact) mass is 413 g/mol. The fourth-order valence-electron chi connectivity index (χ4n) is 4.10. The highest BCUT2D eigenvalue weighted by Gasteiger charge is 2.29. The minimum Gasteiger partial charge on any atom is -0.376 e. The number of hydrogen-bond donors (Lipinski definition) is 3. The van der Waals surface area contributed by atoms with Crippen LogP contribution < -0.4 is 10.9 Å². The number of aryl methyl sites for hydroxylation is 1. The Morgan fingerprint density at radius 3 is 2.97 bits per heavy atom. The van der Waals surface area contributed by atoms with Crippen molar-refractivity contribution in [1.29, 1.82) is 0 Å². The highest BCUT2D eigenvalue weighted by Crippen LogP contribution is 2.22. The van der Waals surface area contributed by atoms with Gasteiger partial charge in [0, 0.05) is 37.0 Å². The summed E-state index contributed by atoms with van der Waals surface area (Å²) in [7, 11) is 0. The van der Waals surface area contributed by atoms with Crippen LogP contribution in [0.5, 0.6) is 0 Å². The van der Waals surface area contributed by atoms with Crippen LogP contribution >= 0.6 is 0 Å². The van der Waals surface area contributed by atoms with Crippen LogP contribution in [-0.2, 0) is 24.1 Å². The van der Waals surface area contributed by atoms with Crippen LogP contribution in [0.4, 0.5) is 0 Å². The Hall–Kier alpha value is -2.94. The first kappa shape index (κ1) is 20.3. The zero-order valence-corrected chi connectivity index (χ0v) is 17.1. The lowest BCUT2D eigenvalue weighted by atomic mass is 10.0. The van der Waals surface area contributed by atoms with E-state index in [1.807, 2.05) is 6.92 Å². The van der Waals surface area contributed by atoms with Crippen LogP contribution in [0.15, 0.2) is 16.9 Å². The second-order valence-electron chi connectivity index (χ2n) is 7.77. The molecule has 1 fully saturated rings. The van der Waals surface area contributed by atoms with Crippen molar-refractivity contribution in [1.82, 2.24) is 25.4 Å². The Kier molecular flexibility index (Phi) is 5.98. The molecule has 3 N–H and O–H groups in total. The Balaban J connectivity index is 1.43. The molecule has 0 aliphatic carbocycles. The van der Waals surface area contributed by atoms with E-state index >= 15 is 0 Å². The molecule has 1 atom stereocenters. The SMILES string of the molecule is CCc1[nH]c(=O)ccc1C(=O)N1CCc2c(C(=O)NCC3CCCCO3)n[nH]c2C1. The van der Waals surface area contributed by atoms with Gasteiger partial charge in [-0.2, -0.15) is 5.10 Å². The molecule has 2 aromatic heterocycles. The molecule has 160 valence electrons. The third-order valence-electron chi connectivity index (χ3n) is 5.78. The molecule has 0 saturated carbocycles. The van der Waals surface area contributed by atoms with Gasteiger partial charge in [0.05, 0.1) is 23.9 Å². The average Bonchev–Trinajstić information content (AvgIpc) is 3.21. The lowest BCUT2D eigenvalue weighted by Crippen LogP contribution is -2.38. The molecule has 4 heterocycles. The van der Waals surface area contributed by atoms with Gasteiger partial charge in [0.2, 0.25) is 5.56 Å². The summed E-state index contributed by atoms with van der Waals surface area (Å²) in [6.45, 7) is 3.96. The molecule has 9 heteroatoms. The van der Waals surface area contributed by atoms with E-state index in [1.165, 1.54) is 6.07 Å². The molecule has 2 aliphatic rings. The van der Waals surface area contributed by atoms with E-state index in [4.69, 9.17) is 4.74 Å². The molecule has 1 unspecified atom stereocenters. The summed E-state index contributed by atoms with van der Waals surface area (Å²) in [6, 6.07) is 2.95. The van der Waals surface area contributed by atoms with Gasteiger partial charge in [-0.3, -0.25) is 19.5 Å². The standard InChI is InChI=1S/C21H27N5O4/c1-2-16-15(6-7-18(27)23-16)21(29)26-9-8-14-17(12-26)24-25-19(14)20(28)22-11-13-5-3-4-10-30-13/h6-7,13H,2-5,8-12H2,1H3,(H,22,28)(H,23,27)(H,24,25). The summed E-state index contributed by atoms with van der Waals surface area (Å²) < 4.78 is 5.66. The van der Waals surface area contributed by atoms with Crippen molar-refractivity contribution in [2.24, 2.45) is 0 Å². The predicted molar refractivity (Wildman–Crippen MR) is 109 cm³/mol. The minimum atomic E-state index is -0.216. The number of rotatable bonds is 5. The number of ether oxygens (including phenoxy) is 1. The third kappa shape index (κ3) is 4.16. The van der Waals surface area contributed by atoms with E-state index < -0.39 is 0 Å². The number of pyridine rings is 1. The molecule has 0 aromatic carbocycles. The van der Waals surface area contributed by atoms with Gasteiger partial charge in [0.25, 0.3) is 11.8 Å². The molecule has 2 aliphatic heterocycles. The molecule has 1 saturated heterocycles. The summed E-state index contributed by atoms with van der Waals surface area (Å²) in [5.41, 5.74) is 2.95. The van der Waals surface area contributed by atoms with Gasteiger partial charge < -0.3 is 19.9 Å². The van der Waals surface area contributed by atoms with Gasteiger partial charge in [0.15, 0.2) is 5.69 Å². The van der Waals surface area contributed by atoms with Crippen LogP contribution in [0, 0.1) is 0 Å². The summed E-state index contributed by atoms with van der Waals surface area (Å²) in [5.74, 6) is -0.348. The highest BCUT2D eigenvalue weighted by molar-refractivity contribution is 5.96. The van der Waals surface area contributed by atoms with Gasteiger partial charge >= 0.3 is 0 Å². The summed E-state index contributed by atoms with van der Waals surface area (Å²) >= 11 is 0. The average molecular weight is 413 g/mol. The summed E-state index contributed by atoms with van der Waals surface area (Å²) in [5, 5.41) is 10.1. The summed E-state index contributed by atoms with van der Waals surface area (Å²) in [4.78, 5) is 41.6.